The first-order valence-electron chi connectivity index (χ1n) is 9.12. The molecule has 1 unspecified atom stereocenters. The highest BCUT2D eigenvalue weighted by molar-refractivity contribution is 5.41. The van der Waals surface area contributed by atoms with E-state index in [9.17, 15) is 5.11 Å². The molecule has 0 radical (unpaired) electrons. The van der Waals surface area contributed by atoms with Crippen molar-refractivity contribution in [2.24, 2.45) is 11.3 Å². The Kier molecular flexibility index (Phi) is 4.70. The van der Waals surface area contributed by atoms with E-state index in [0.29, 0.717) is 5.76 Å². The molecule has 0 aliphatic heterocycles. The van der Waals surface area contributed by atoms with Crippen molar-refractivity contribution in [2.45, 2.75) is 65.2 Å². The maximum atomic E-state index is 9.97. The largest absolute Gasteiger partial charge is 0.512 e. The van der Waals surface area contributed by atoms with Crippen molar-refractivity contribution in [2.75, 3.05) is 7.11 Å². The molecule has 0 bridgehead atoms. The standard InChI is InChI=1S/C21H30O2/c1-15-13-17(7-9-19(15)22)21(11-5-4-6-12-21)18-8-10-20(23-3)16(2)14-18/h7,9,14-15,22H,4-6,8,10-13H2,1-3H3. The Morgan fingerprint density at radius 1 is 1.09 bits per heavy atom. The summed E-state index contributed by atoms with van der Waals surface area (Å²) in [5.74, 6) is 1.93. The number of allylic oxidation sites excluding steroid dienone is 8. The van der Waals surface area contributed by atoms with Crippen LogP contribution in [0.15, 0.2) is 46.5 Å². The smallest absolute Gasteiger partial charge is 0.0987 e. The molecule has 3 aliphatic rings. The van der Waals surface area contributed by atoms with Crippen molar-refractivity contribution in [1.82, 2.24) is 0 Å². The summed E-state index contributed by atoms with van der Waals surface area (Å²) in [4.78, 5) is 0. The van der Waals surface area contributed by atoms with Crippen LogP contribution in [-0.4, -0.2) is 12.2 Å². The third-order valence-corrected chi connectivity index (χ3v) is 6.12. The minimum absolute atomic E-state index is 0.226. The molecule has 0 spiro atoms. The zero-order valence-corrected chi connectivity index (χ0v) is 14.8. The van der Waals surface area contributed by atoms with E-state index in [1.54, 1.807) is 18.3 Å². The number of hydrogen-bond donors (Lipinski definition) is 1. The fourth-order valence-electron chi connectivity index (χ4n) is 4.71. The molecule has 0 saturated heterocycles. The maximum absolute atomic E-state index is 9.97. The zero-order valence-electron chi connectivity index (χ0n) is 14.8. The number of ether oxygens (including phenoxy) is 1. The lowest BCUT2D eigenvalue weighted by Gasteiger charge is -2.44. The Bertz CT molecular complexity index is 583. The van der Waals surface area contributed by atoms with Gasteiger partial charge in [-0.25, -0.2) is 0 Å². The SMILES string of the molecule is COC1=C(C)C=C(C2(C3=CC=C(O)C(C)C3)CCCCC2)CC1. The number of methoxy groups -OCH3 is 1. The summed E-state index contributed by atoms with van der Waals surface area (Å²) in [5.41, 5.74) is 4.66. The zero-order chi connectivity index (χ0) is 16.4. The lowest BCUT2D eigenvalue weighted by atomic mass is 9.60. The molecule has 3 rings (SSSR count). The van der Waals surface area contributed by atoms with Crippen LogP contribution in [0.3, 0.4) is 0 Å². The van der Waals surface area contributed by atoms with Gasteiger partial charge in [0.15, 0.2) is 0 Å². The predicted molar refractivity (Wildman–Crippen MR) is 95.1 cm³/mol. The fourth-order valence-corrected chi connectivity index (χ4v) is 4.71. The van der Waals surface area contributed by atoms with E-state index in [2.05, 4.69) is 26.0 Å². The first-order chi connectivity index (χ1) is 11.1. The summed E-state index contributed by atoms with van der Waals surface area (Å²) in [6.07, 6.45) is 16.2. The van der Waals surface area contributed by atoms with Crippen LogP contribution in [0.5, 0.6) is 0 Å². The Hall–Kier alpha value is -1.44. The molecule has 1 N–H and O–H groups in total. The highest BCUT2D eigenvalue weighted by Crippen LogP contribution is 2.53. The van der Waals surface area contributed by atoms with Gasteiger partial charge in [-0.05, 0) is 44.3 Å². The minimum Gasteiger partial charge on any atom is -0.512 e. The highest BCUT2D eigenvalue weighted by Gasteiger charge is 2.40. The van der Waals surface area contributed by atoms with Crippen LogP contribution in [0, 0.1) is 11.3 Å². The lowest BCUT2D eigenvalue weighted by Crippen LogP contribution is -2.32. The molecule has 2 heteroatoms. The second-order valence-corrected chi connectivity index (χ2v) is 7.51. The summed E-state index contributed by atoms with van der Waals surface area (Å²) in [6.45, 7) is 4.32. The first-order valence-corrected chi connectivity index (χ1v) is 9.12. The highest BCUT2D eigenvalue weighted by atomic mass is 16.5. The molecule has 0 aromatic rings. The predicted octanol–water partition coefficient (Wildman–Crippen LogP) is 5.99. The molecule has 1 fully saturated rings. The second kappa shape index (κ2) is 6.59. The van der Waals surface area contributed by atoms with E-state index in [4.69, 9.17) is 4.74 Å². The number of aliphatic hydroxyl groups is 1. The monoisotopic (exact) mass is 314 g/mol. The van der Waals surface area contributed by atoms with Crippen molar-refractivity contribution in [3.05, 3.63) is 46.5 Å². The molecule has 0 aromatic carbocycles. The maximum Gasteiger partial charge on any atom is 0.0987 e. The summed E-state index contributed by atoms with van der Waals surface area (Å²) < 4.78 is 5.53. The Morgan fingerprint density at radius 3 is 2.43 bits per heavy atom. The summed E-state index contributed by atoms with van der Waals surface area (Å²) in [7, 11) is 1.78. The summed E-state index contributed by atoms with van der Waals surface area (Å²) >= 11 is 0. The van der Waals surface area contributed by atoms with Gasteiger partial charge in [-0.3, -0.25) is 0 Å². The van der Waals surface area contributed by atoms with Crippen molar-refractivity contribution < 1.29 is 9.84 Å². The molecule has 0 aromatic heterocycles. The van der Waals surface area contributed by atoms with Gasteiger partial charge in [-0.1, -0.05) is 49.5 Å². The molecule has 1 saturated carbocycles. The normalized spacial score (nSPS) is 28.0. The van der Waals surface area contributed by atoms with Crippen molar-refractivity contribution in [3.8, 4) is 0 Å². The van der Waals surface area contributed by atoms with Gasteiger partial charge in [-0.15, -0.1) is 0 Å². The minimum atomic E-state index is 0.226. The van der Waals surface area contributed by atoms with Crippen LogP contribution >= 0.6 is 0 Å². The summed E-state index contributed by atoms with van der Waals surface area (Å²) in [5, 5.41) is 9.97. The van der Waals surface area contributed by atoms with Crippen molar-refractivity contribution >= 4 is 0 Å². The van der Waals surface area contributed by atoms with Gasteiger partial charge < -0.3 is 9.84 Å². The van der Waals surface area contributed by atoms with Gasteiger partial charge in [0, 0.05) is 17.8 Å². The topological polar surface area (TPSA) is 29.5 Å². The molecular weight excluding hydrogens is 284 g/mol. The van der Waals surface area contributed by atoms with Crippen molar-refractivity contribution in [1.29, 1.82) is 0 Å². The van der Waals surface area contributed by atoms with Crippen molar-refractivity contribution in [3.63, 3.8) is 0 Å². The Morgan fingerprint density at radius 2 is 1.83 bits per heavy atom. The van der Waals surface area contributed by atoms with E-state index < -0.39 is 0 Å². The molecular formula is C21H30O2. The van der Waals surface area contributed by atoms with Crippen LogP contribution < -0.4 is 0 Å². The second-order valence-electron chi connectivity index (χ2n) is 7.51. The van der Waals surface area contributed by atoms with Gasteiger partial charge in [0.2, 0.25) is 0 Å². The summed E-state index contributed by atoms with van der Waals surface area (Å²) in [6, 6.07) is 0. The van der Waals surface area contributed by atoms with Crippen LogP contribution in [0.1, 0.15) is 65.2 Å². The molecule has 0 amide bonds. The van der Waals surface area contributed by atoms with E-state index >= 15 is 0 Å². The van der Waals surface area contributed by atoms with Crippen LogP contribution in [-0.2, 0) is 4.74 Å². The van der Waals surface area contributed by atoms with Gasteiger partial charge in [0.1, 0.15) is 0 Å². The van der Waals surface area contributed by atoms with Crippen LogP contribution in [0.25, 0.3) is 0 Å². The lowest BCUT2D eigenvalue weighted by molar-refractivity contribution is 0.242. The third-order valence-electron chi connectivity index (χ3n) is 6.12. The number of hydrogen-bond acceptors (Lipinski definition) is 2. The quantitative estimate of drug-likeness (QED) is 0.693. The van der Waals surface area contributed by atoms with Gasteiger partial charge in [0.25, 0.3) is 0 Å². The van der Waals surface area contributed by atoms with Crippen LogP contribution in [0.2, 0.25) is 0 Å². The molecule has 2 nitrogen and oxygen atoms in total. The fraction of sp³-hybridized carbons (Fsp3) is 0.619. The van der Waals surface area contributed by atoms with Gasteiger partial charge in [-0.2, -0.15) is 0 Å². The van der Waals surface area contributed by atoms with E-state index in [1.165, 1.54) is 37.7 Å². The molecule has 23 heavy (non-hydrogen) atoms. The van der Waals surface area contributed by atoms with Gasteiger partial charge in [0.05, 0.1) is 18.6 Å². The average molecular weight is 314 g/mol. The number of rotatable bonds is 3. The number of aliphatic hydroxyl groups excluding tert-OH is 1. The molecule has 126 valence electrons. The average Bonchev–Trinajstić information content (AvgIpc) is 2.58. The first kappa shape index (κ1) is 16.4. The van der Waals surface area contributed by atoms with Crippen LogP contribution in [0.4, 0.5) is 0 Å². The van der Waals surface area contributed by atoms with E-state index in [-0.39, 0.29) is 11.3 Å². The van der Waals surface area contributed by atoms with E-state index in [0.717, 1.165) is 25.0 Å². The molecule has 3 aliphatic carbocycles. The Balaban J connectivity index is 2.00. The molecule has 0 heterocycles. The van der Waals surface area contributed by atoms with E-state index in [1.807, 2.05) is 6.08 Å². The van der Waals surface area contributed by atoms with Gasteiger partial charge >= 0.3 is 0 Å². The molecule has 1 atom stereocenters. The Labute approximate surface area is 140 Å². The third kappa shape index (κ3) is 3.00.